The van der Waals surface area contributed by atoms with Crippen LogP contribution in [0.3, 0.4) is 0 Å². The zero-order valence-electron chi connectivity index (χ0n) is 26.2. The van der Waals surface area contributed by atoms with Crippen LogP contribution in [0.15, 0.2) is 39.5 Å². The first kappa shape index (κ1) is 34.8. The van der Waals surface area contributed by atoms with E-state index in [0.717, 1.165) is 37.5 Å². The molecule has 1 aromatic heterocycles. The summed E-state index contributed by atoms with van der Waals surface area (Å²) in [5.74, 6) is -2.90. The number of carbonyl (C=O) groups excluding carboxylic acids is 1. The second-order valence-electron chi connectivity index (χ2n) is 11.9. The molecule has 3 aromatic rings. The average molecular weight is 611 g/mol. The van der Waals surface area contributed by atoms with Gasteiger partial charge in [-0.3, -0.25) is 9.59 Å². The molecule has 242 valence electrons. The molecule has 0 aliphatic heterocycles. The summed E-state index contributed by atoms with van der Waals surface area (Å²) in [5, 5.41) is 39.5. The van der Waals surface area contributed by atoms with Gasteiger partial charge in [0, 0.05) is 24.1 Å². The zero-order valence-corrected chi connectivity index (χ0v) is 26.2. The molecule has 0 unspecified atom stereocenters. The number of hydrogen-bond donors (Lipinski definition) is 4. The van der Waals surface area contributed by atoms with E-state index in [0.29, 0.717) is 6.42 Å². The molecule has 1 heterocycles. The number of unbranched alkanes of at least 4 members (excludes halogenated alkanes) is 17. The van der Waals surface area contributed by atoms with Crippen LogP contribution in [0, 0.1) is 0 Å². The van der Waals surface area contributed by atoms with Crippen LogP contribution >= 0.6 is 0 Å². The summed E-state index contributed by atoms with van der Waals surface area (Å²) in [6, 6.07) is 5.91. The van der Waals surface area contributed by atoms with Crippen LogP contribution in [0.25, 0.3) is 22.3 Å². The molecule has 0 aliphatic carbocycles. The topological polar surface area (TPSA) is 137 Å². The van der Waals surface area contributed by atoms with Gasteiger partial charge in [0.2, 0.25) is 11.2 Å². The maximum Gasteiger partial charge on any atom is 0.311 e. The van der Waals surface area contributed by atoms with E-state index in [-0.39, 0.29) is 40.2 Å². The van der Waals surface area contributed by atoms with Gasteiger partial charge in [0.15, 0.2) is 17.3 Å². The van der Waals surface area contributed by atoms with E-state index < -0.39 is 28.6 Å². The van der Waals surface area contributed by atoms with E-state index in [9.17, 15) is 30.0 Å². The molecule has 0 radical (unpaired) electrons. The zero-order chi connectivity index (χ0) is 31.7. The third-order valence-corrected chi connectivity index (χ3v) is 8.11. The van der Waals surface area contributed by atoms with Crippen LogP contribution < -0.4 is 10.2 Å². The lowest BCUT2D eigenvalue weighted by Gasteiger charge is -2.12. The Hall–Kier alpha value is -3.68. The molecule has 0 amide bonds. The van der Waals surface area contributed by atoms with E-state index in [2.05, 4.69) is 6.92 Å². The van der Waals surface area contributed by atoms with Gasteiger partial charge in [-0.05, 0) is 24.6 Å². The highest BCUT2D eigenvalue weighted by Gasteiger charge is 2.23. The third-order valence-electron chi connectivity index (χ3n) is 8.11. The summed E-state index contributed by atoms with van der Waals surface area (Å²) in [4.78, 5) is 26.0. The van der Waals surface area contributed by atoms with Gasteiger partial charge < -0.3 is 29.6 Å². The van der Waals surface area contributed by atoms with Gasteiger partial charge in [-0.1, -0.05) is 116 Å². The molecule has 3 rings (SSSR count). The third kappa shape index (κ3) is 11.1. The molecular formula is C36H50O8. The molecule has 44 heavy (non-hydrogen) atoms. The number of carbonyl (C=O) groups is 1. The molecule has 8 heteroatoms. The lowest BCUT2D eigenvalue weighted by Crippen LogP contribution is -2.16. The van der Waals surface area contributed by atoms with Crippen LogP contribution in [0.2, 0.25) is 0 Å². The molecule has 4 N–H and O–H groups in total. The minimum Gasteiger partial charge on any atom is -0.508 e. The Morgan fingerprint density at radius 2 is 1.18 bits per heavy atom. The van der Waals surface area contributed by atoms with Crippen molar-refractivity contribution >= 4 is 16.9 Å². The summed E-state index contributed by atoms with van der Waals surface area (Å²) >= 11 is 0. The summed E-state index contributed by atoms with van der Waals surface area (Å²) in [6.07, 6.45) is 22.5. The fourth-order valence-electron chi connectivity index (χ4n) is 5.55. The largest absolute Gasteiger partial charge is 0.508 e. The number of aromatic hydroxyl groups is 4. The van der Waals surface area contributed by atoms with Gasteiger partial charge in [-0.15, -0.1) is 0 Å². The summed E-state index contributed by atoms with van der Waals surface area (Å²) in [6.45, 7) is 2.26. The van der Waals surface area contributed by atoms with Crippen molar-refractivity contribution in [3.8, 4) is 40.1 Å². The second-order valence-corrected chi connectivity index (χ2v) is 11.9. The Labute approximate surface area is 260 Å². The van der Waals surface area contributed by atoms with Crippen molar-refractivity contribution in [2.24, 2.45) is 0 Å². The number of fused-ring (bicyclic) bond motifs is 1. The average Bonchev–Trinajstić information content (AvgIpc) is 2.99. The van der Waals surface area contributed by atoms with Crippen molar-refractivity contribution in [1.82, 2.24) is 0 Å². The Balaban J connectivity index is 1.38. The van der Waals surface area contributed by atoms with Crippen molar-refractivity contribution in [3.63, 3.8) is 0 Å². The van der Waals surface area contributed by atoms with E-state index in [4.69, 9.17) is 9.15 Å². The fourth-order valence-corrected chi connectivity index (χ4v) is 5.55. The minimum absolute atomic E-state index is 0.109. The summed E-state index contributed by atoms with van der Waals surface area (Å²) in [7, 11) is 0. The highest BCUT2D eigenvalue weighted by Crippen LogP contribution is 2.38. The number of hydrogen-bond acceptors (Lipinski definition) is 8. The number of phenolic OH excluding ortho intramolecular Hbond substituents is 4. The molecule has 2 aromatic carbocycles. The van der Waals surface area contributed by atoms with Gasteiger partial charge >= 0.3 is 5.97 Å². The van der Waals surface area contributed by atoms with Gasteiger partial charge in [0.05, 0.1) is 0 Å². The van der Waals surface area contributed by atoms with Crippen molar-refractivity contribution in [1.29, 1.82) is 0 Å². The lowest BCUT2D eigenvalue weighted by molar-refractivity contribution is -0.134. The van der Waals surface area contributed by atoms with Gasteiger partial charge in [-0.2, -0.15) is 0 Å². The highest BCUT2D eigenvalue weighted by atomic mass is 16.5. The molecular weight excluding hydrogens is 560 g/mol. The predicted octanol–water partition coefficient (Wildman–Crippen LogP) is 9.62. The van der Waals surface area contributed by atoms with E-state index in [1.54, 1.807) is 0 Å². The monoisotopic (exact) mass is 610 g/mol. The van der Waals surface area contributed by atoms with E-state index in [1.165, 1.54) is 102 Å². The second kappa shape index (κ2) is 18.9. The number of esters is 1. The SMILES string of the molecule is CCCCCCCCCCCCCCCCCCCCC(=O)Oc1c(-c2ccc(O)c(O)c2)oc2cc(O)cc(O)c2c1=O. The molecule has 0 saturated carbocycles. The number of benzene rings is 2. The van der Waals surface area contributed by atoms with Crippen LogP contribution in [-0.4, -0.2) is 26.4 Å². The standard InChI is InChI=1S/C36H50O8/c1-2-3-4-5-6-7-8-9-10-11-12-13-14-15-16-17-18-19-20-32(41)44-36-34(42)33-30(40)24-27(37)25-31(33)43-35(36)26-21-22-28(38)29(39)23-26/h21-25,37-40H,2-20H2,1H3. The molecule has 8 nitrogen and oxygen atoms in total. The highest BCUT2D eigenvalue weighted by molar-refractivity contribution is 5.89. The minimum atomic E-state index is -0.794. The van der Waals surface area contributed by atoms with Crippen LogP contribution in [0.1, 0.15) is 129 Å². The smallest absolute Gasteiger partial charge is 0.311 e. The van der Waals surface area contributed by atoms with Crippen molar-refractivity contribution in [2.75, 3.05) is 0 Å². The fraction of sp³-hybridized carbons (Fsp3) is 0.556. The Bertz CT molecular complexity index is 1380. The normalized spacial score (nSPS) is 11.3. The first-order valence-corrected chi connectivity index (χ1v) is 16.6. The Kier molecular flexibility index (Phi) is 14.9. The quantitative estimate of drug-likeness (QED) is 0.0531. The Morgan fingerprint density at radius 1 is 0.659 bits per heavy atom. The Morgan fingerprint density at radius 3 is 1.70 bits per heavy atom. The van der Waals surface area contributed by atoms with Gasteiger partial charge in [-0.25, -0.2) is 0 Å². The van der Waals surface area contributed by atoms with Crippen LogP contribution in [0.4, 0.5) is 0 Å². The lowest BCUT2D eigenvalue weighted by atomic mass is 10.0. The molecule has 0 aliphatic rings. The maximum absolute atomic E-state index is 13.3. The number of ether oxygens (including phenoxy) is 1. The predicted molar refractivity (Wildman–Crippen MR) is 174 cm³/mol. The molecule has 0 atom stereocenters. The van der Waals surface area contributed by atoms with Gasteiger partial charge in [0.25, 0.3) is 0 Å². The van der Waals surface area contributed by atoms with Crippen LogP contribution in [-0.2, 0) is 4.79 Å². The number of rotatable bonds is 21. The van der Waals surface area contributed by atoms with Gasteiger partial charge in [0.1, 0.15) is 22.5 Å². The molecule has 0 bridgehead atoms. The summed E-state index contributed by atoms with van der Waals surface area (Å²) in [5.41, 5.74) is -0.756. The molecule has 0 spiro atoms. The van der Waals surface area contributed by atoms with E-state index >= 15 is 0 Å². The van der Waals surface area contributed by atoms with E-state index in [1.807, 2.05) is 0 Å². The maximum atomic E-state index is 13.3. The van der Waals surface area contributed by atoms with Crippen molar-refractivity contribution < 1.29 is 34.4 Å². The number of phenols is 4. The molecule has 0 fully saturated rings. The first-order valence-electron chi connectivity index (χ1n) is 16.6. The first-order chi connectivity index (χ1) is 21.3. The van der Waals surface area contributed by atoms with Crippen molar-refractivity contribution in [2.45, 2.75) is 129 Å². The van der Waals surface area contributed by atoms with Crippen LogP contribution in [0.5, 0.6) is 28.7 Å². The summed E-state index contributed by atoms with van der Waals surface area (Å²) < 4.78 is 11.2. The van der Waals surface area contributed by atoms with Crippen molar-refractivity contribution in [3.05, 3.63) is 40.6 Å². The molecule has 0 saturated heterocycles.